The summed E-state index contributed by atoms with van der Waals surface area (Å²) in [6.07, 6.45) is -0.198. The van der Waals surface area contributed by atoms with E-state index in [0.717, 1.165) is 5.39 Å². The van der Waals surface area contributed by atoms with Gasteiger partial charge in [-0.25, -0.2) is 19.8 Å². The van der Waals surface area contributed by atoms with Gasteiger partial charge in [-0.15, -0.1) is 0 Å². The van der Waals surface area contributed by atoms with Crippen molar-refractivity contribution in [3.63, 3.8) is 0 Å². The number of aliphatic imine (C=N–C) groups is 1. The number of nitrogens with one attached hydrogen (secondary N) is 2. The van der Waals surface area contributed by atoms with Crippen molar-refractivity contribution in [2.24, 2.45) is 10.4 Å². The number of aliphatic hydroxyl groups is 1. The molecule has 1 aliphatic rings. The summed E-state index contributed by atoms with van der Waals surface area (Å²) in [6.45, 7) is 9.28. The molecule has 1 unspecified atom stereocenters. The number of likely N-dealkylation sites (N-methyl/N-ethyl adjacent to an activating group) is 1. The molecule has 0 bridgehead atoms. The molecule has 2 aromatic heterocycles. The van der Waals surface area contributed by atoms with Crippen LogP contribution in [0, 0.1) is 5.41 Å². The Bertz CT molecular complexity index is 1480. The smallest absolute Gasteiger partial charge is 0.413 e. The van der Waals surface area contributed by atoms with E-state index in [2.05, 4.69) is 20.6 Å². The first-order valence-electron chi connectivity index (χ1n) is 12.5. The topological polar surface area (TPSA) is 138 Å². The van der Waals surface area contributed by atoms with Crippen molar-refractivity contribution < 1.29 is 24.2 Å². The average Bonchev–Trinajstić information content (AvgIpc) is 2.86. The summed E-state index contributed by atoms with van der Waals surface area (Å²) in [5.74, 6) is 1.48. The number of benzene rings is 1. The summed E-state index contributed by atoms with van der Waals surface area (Å²) in [4.78, 5) is 38.4. The van der Waals surface area contributed by atoms with Crippen LogP contribution in [-0.2, 0) is 9.53 Å². The lowest BCUT2D eigenvalue weighted by molar-refractivity contribution is -0.114. The van der Waals surface area contributed by atoms with Gasteiger partial charge in [-0.05, 0) is 37.3 Å². The number of rotatable bonds is 5. The van der Waals surface area contributed by atoms with Gasteiger partial charge in [0.05, 0.1) is 23.5 Å². The van der Waals surface area contributed by atoms with Crippen LogP contribution < -0.4 is 15.4 Å². The minimum atomic E-state index is -1.11. The normalized spacial score (nSPS) is 15.6. The van der Waals surface area contributed by atoms with Gasteiger partial charge in [0, 0.05) is 42.6 Å². The van der Waals surface area contributed by atoms with E-state index in [-0.39, 0.29) is 18.5 Å². The van der Waals surface area contributed by atoms with Crippen LogP contribution in [0.5, 0.6) is 11.5 Å². The Hall–Kier alpha value is -4.51. The van der Waals surface area contributed by atoms with Gasteiger partial charge in [-0.3, -0.25) is 10.1 Å². The fourth-order valence-corrected chi connectivity index (χ4v) is 4.05. The number of fused-ring (bicyclic) bond motifs is 1. The summed E-state index contributed by atoms with van der Waals surface area (Å²) in [5.41, 5.74) is 1.94. The number of aromatic nitrogens is 2. The molecule has 204 valence electrons. The van der Waals surface area contributed by atoms with E-state index in [4.69, 9.17) is 14.5 Å². The molecule has 0 radical (unpaired) electrons. The number of alkyl carbamates (subject to hydrolysis) is 1. The van der Waals surface area contributed by atoms with Crippen LogP contribution in [0.4, 0.5) is 10.6 Å². The molecule has 2 amide bonds. The minimum absolute atomic E-state index is 0.190. The quantitative estimate of drug-likeness (QED) is 0.437. The third-order valence-electron chi connectivity index (χ3n) is 5.84. The highest BCUT2D eigenvalue weighted by Crippen LogP contribution is 2.38. The van der Waals surface area contributed by atoms with Crippen molar-refractivity contribution in [3.05, 3.63) is 60.1 Å². The van der Waals surface area contributed by atoms with E-state index in [9.17, 15) is 14.7 Å². The van der Waals surface area contributed by atoms with Gasteiger partial charge >= 0.3 is 6.09 Å². The average molecular weight is 533 g/mol. The van der Waals surface area contributed by atoms with Gasteiger partial charge in [0.2, 0.25) is 11.9 Å². The maximum atomic E-state index is 12.0. The molecule has 0 spiro atoms. The number of pyridine rings is 2. The van der Waals surface area contributed by atoms with Crippen molar-refractivity contribution in [3.8, 4) is 11.5 Å². The van der Waals surface area contributed by atoms with Crippen LogP contribution in [0.1, 0.15) is 40.3 Å². The predicted octanol–water partition coefficient (Wildman–Crippen LogP) is 4.50. The SMILES string of the molecule is CCOC(=O)NC1=NC(C(C)(C)C)=C(c2ccc3cc(Oc4ccnc(NC(C)=O)c4)ccc3n2)C(O)N1C. The number of guanidine groups is 1. The van der Waals surface area contributed by atoms with E-state index in [1.54, 1.807) is 38.4 Å². The Morgan fingerprint density at radius 1 is 1.08 bits per heavy atom. The monoisotopic (exact) mass is 532 g/mol. The van der Waals surface area contributed by atoms with Crippen LogP contribution in [-0.4, -0.2) is 57.8 Å². The second-order valence-corrected chi connectivity index (χ2v) is 9.99. The maximum absolute atomic E-state index is 12.0. The second-order valence-electron chi connectivity index (χ2n) is 9.99. The van der Waals surface area contributed by atoms with E-state index >= 15 is 0 Å². The van der Waals surface area contributed by atoms with E-state index < -0.39 is 17.7 Å². The molecule has 0 saturated heterocycles. The largest absolute Gasteiger partial charge is 0.457 e. The standard InChI is InChI=1S/C28H32N6O5/c1-7-38-27(37)33-26-32-24(28(3,4)5)23(25(36)34(26)6)21-10-8-17-14-18(9-11-20(17)31-21)39-19-12-13-29-22(15-19)30-16(2)35/h8-15,25,36H,7H2,1-6H3,(H,29,30,35)(H,32,33,37). The molecule has 1 aliphatic heterocycles. The lowest BCUT2D eigenvalue weighted by atomic mass is 9.86. The van der Waals surface area contributed by atoms with E-state index in [1.807, 2.05) is 45.0 Å². The van der Waals surface area contributed by atoms with Crippen molar-refractivity contribution in [2.45, 2.75) is 40.8 Å². The van der Waals surface area contributed by atoms with Crippen molar-refractivity contribution >= 4 is 40.3 Å². The number of anilines is 1. The number of hydrogen-bond donors (Lipinski definition) is 3. The fraction of sp³-hybridized carbons (Fsp3) is 0.321. The summed E-state index contributed by atoms with van der Waals surface area (Å²) < 4.78 is 11.0. The number of nitrogens with zero attached hydrogens (tertiary/aromatic N) is 4. The van der Waals surface area contributed by atoms with Crippen LogP contribution in [0.15, 0.2) is 59.4 Å². The van der Waals surface area contributed by atoms with Crippen LogP contribution in [0.25, 0.3) is 16.5 Å². The second kappa shape index (κ2) is 11.1. The molecule has 39 heavy (non-hydrogen) atoms. The molecule has 1 atom stereocenters. The molecule has 3 heterocycles. The molecule has 0 fully saturated rings. The fourth-order valence-electron chi connectivity index (χ4n) is 4.05. The molecule has 0 saturated carbocycles. The molecule has 1 aromatic carbocycles. The van der Waals surface area contributed by atoms with Crippen molar-refractivity contribution in [1.82, 2.24) is 20.2 Å². The highest BCUT2D eigenvalue weighted by Gasteiger charge is 2.35. The predicted molar refractivity (Wildman–Crippen MR) is 148 cm³/mol. The van der Waals surface area contributed by atoms with E-state index in [0.29, 0.717) is 39.8 Å². The Kier molecular flexibility index (Phi) is 7.82. The lowest BCUT2D eigenvalue weighted by Crippen LogP contribution is -2.50. The lowest BCUT2D eigenvalue weighted by Gasteiger charge is -2.36. The number of allylic oxidation sites excluding steroid dienone is 1. The molecular weight excluding hydrogens is 500 g/mol. The number of carbonyl (C=O) groups is 2. The first kappa shape index (κ1) is 27.5. The molecule has 11 heteroatoms. The number of carbonyl (C=O) groups excluding carboxylic acids is 2. The maximum Gasteiger partial charge on any atom is 0.413 e. The molecule has 0 aliphatic carbocycles. The number of aliphatic hydroxyl groups excluding tert-OH is 1. The van der Waals surface area contributed by atoms with Gasteiger partial charge in [0.25, 0.3) is 0 Å². The Morgan fingerprint density at radius 3 is 2.51 bits per heavy atom. The zero-order chi connectivity index (χ0) is 28.3. The summed E-state index contributed by atoms with van der Waals surface area (Å²) in [5, 5.41) is 17.4. The van der Waals surface area contributed by atoms with Crippen LogP contribution >= 0.6 is 0 Å². The third-order valence-corrected chi connectivity index (χ3v) is 5.84. The summed E-state index contributed by atoms with van der Waals surface area (Å²) in [7, 11) is 1.64. The number of ether oxygens (including phenoxy) is 2. The Balaban J connectivity index is 1.68. The van der Waals surface area contributed by atoms with E-state index in [1.165, 1.54) is 11.8 Å². The van der Waals surface area contributed by atoms with Crippen molar-refractivity contribution in [1.29, 1.82) is 0 Å². The molecule has 11 nitrogen and oxygen atoms in total. The van der Waals surface area contributed by atoms with Gasteiger partial charge < -0.3 is 24.8 Å². The third kappa shape index (κ3) is 6.32. The molecule has 4 rings (SSSR count). The van der Waals surface area contributed by atoms with Crippen LogP contribution in [0.3, 0.4) is 0 Å². The molecule has 3 N–H and O–H groups in total. The van der Waals surface area contributed by atoms with Gasteiger partial charge in [0.15, 0.2) is 6.23 Å². The zero-order valence-electron chi connectivity index (χ0n) is 22.8. The van der Waals surface area contributed by atoms with Gasteiger partial charge in [-0.2, -0.15) is 0 Å². The number of amides is 2. The Labute approximate surface area is 226 Å². The van der Waals surface area contributed by atoms with Gasteiger partial charge in [-0.1, -0.05) is 26.8 Å². The first-order valence-corrected chi connectivity index (χ1v) is 12.5. The minimum Gasteiger partial charge on any atom is -0.457 e. The Morgan fingerprint density at radius 2 is 1.82 bits per heavy atom. The highest BCUT2D eigenvalue weighted by atomic mass is 16.5. The highest BCUT2D eigenvalue weighted by molar-refractivity contribution is 5.97. The molecular formula is C28H32N6O5. The molecule has 3 aromatic rings. The number of hydrogen-bond acceptors (Lipinski definition) is 9. The van der Waals surface area contributed by atoms with Gasteiger partial charge in [0.1, 0.15) is 17.3 Å². The van der Waals surface area contributed by atoms with Crippen molar-refractivity contribution in [2.75, 3.05) is 19.0 Å². The zero-order valence-corrected chi connectivity index (χ0v) is 22.8. The summed E-state index contributed by atoms with van der Waals surface area (Å²) in [6, 6.07) is 12.5. The van der Waals surface area contributed by atoms with Crippen LogP contribution in [0.2, 0.25) is 0 Å². The summed E-state index contributed by atoms with van der Waals surface area (Å²) >= 11 is 0. The first-order chi connectivity index (χ1) is 18.5.